The van der Waals surface area contributed by atoms with Crippen molar-refractivity contribution in [3.8, 4) is 11.5 Å². The van der Waals surface area contributed by atoms with Crippen molar-refractivity contribution in [2.75, 3.05) is 26.2 Å². The van der Waals surface area contributed by atoms with Crippen LogP contribution in [-0.2, 0) is 5.41 Å². The molecule has 188 valence electrons. The van der Waals surface area contributed by atoms with E-state index in [1.807, 2.05) is 0 Å². The topological polar surface area (TPSA) is 21.7 Å². The van der Waals surface area contributed by atoms with Gasteiger partial charge >= 0.3 is 0 Å². The third-order valence-corrected chi connectivity index (χ3v) is 7.32. The normalized spacial score (nSPS) is 20.6. The van der Waals surface area contributed by atoms with E-state index in [2.05, 4.69) is 99.4 Å². The van der Waals surface area contributed by atoms with Crippen molar-refractivity contribution in [1.29, 1.82) is 0 Å². The van der Waals surface area contributed by atoms with E-state index in [9.17, 15) is 0 Å². The number of benzene rings is 2. The van der Waals surface area contributed by atoms with Crippen molar-refractivity contribution in [2.45, 2.75) is 71.1 Å². The highest BCUT2D eigenvalue weighted by atomic mass is 16.5. The molecule has 0 radical (unpaired) electrons. The smallest absolute Gasteiger partial charge is 0.126 e. The maximum Gasteiger partial charge on any atom is 0.126 e. The zero-order valence-corrected chi connectivity index (χ0v) is 22.1. The highest BCUT2D eigenvalue weighted by Crippen LogP contribution is 2.40. The number of hydrogen-bond donors (Lipinski definition) is 0. The molecule has 1 saturated heterocycles. The van der Waals surface area contributed by atoms with Crippen LogP contribution in [0.1, 0.15) is 76.8 Å². The second kappa shape index (κ2) is 11.9. The van der Waals surface area contributed by atoms with Crippen molar-refractivity contribution in [3.05, 3.63) is 83.6 Å². The number of unbranched alkanes of at least 4 members (excludes halogenated alkanes) is 1. The minimum absolute atomic E-state index is 0.141. The van der Waals surface area contributed by atoms with Gasteiger partial charge in [0.2, 0.25) is 0 Å². The third-order valence-electron chi connectivity index (χ3n) is 7.32. The van der Waals surface area contributed by atoms with Gasteiger partial charge in [-0.2, -0.15) is 0 Å². The summed E-state index contributed by atoms with van der Waals surface area (Å²) in [4.78, 5) is 2.50. The Hall–Kier alpha value is -2.52. The first-order valence-corrected chi connectivity index (χ1v) is 13.6. The van der Waals surface area contributed by atoms with E-state index in [1.165, 1.54) is 49.9 Å². The van der Waals surface area contributed by atoms with Gasteiger partial charge in [-0.05, 0) is 79.2 Å². The van der Waals surface area contributed by atoms with Gasteiger partial charge in [0.1, 0.15) is 23.9 Å². The predicted octanol–water partition coefficient (Wildman–Crippen LogP) is 7.88. The number of nitrogens with zero attached hydrogens (tertiary/aromatic N) is 1. The Labute approximate surface area is 212 Å². The van der Waals surface area contributed by atoms with E-state index in [0.29, 0.717) is 5.92 Å². The summed E-state index contributed by atoms with van der Waals surface area (Å²) in [6, 6.07) is 17.3. The molecule has 0 amide bonds. The molecule has 2 aromatic carbocycles. The zero-order chi connectivity index (χ0) is 24.7. The molecule has 1 aliphatic heterocycles. The molecular weight excluding hydrogens is 430 g/mol. The zero-order valence-electron chi connectivity index (χ0n) is 22.1. The highest BCUT2D eigenvalue weighted by Gasteiger charge is 2.28. The van der Waals surface area contributed by atoms with Crippen molar-refractivity contribution >= 4 is 0 Å². The molecule has 1 heterocycles. The summed E-state index contributed by atoms with van der Waals surface area (Å²) in [6.07, 6.45) is 12.8. The molecule has 0 saturated carbocycles. The van der Waals surface area contributed by atoms with Crippen LogP contribution in [-0.4, -0.2) is 31.1 Å². The van der Waals surface area contributed by atoms with Crippen LogP contribution in [0.5, 0.6) is 11.5 Å². The third kappa shape index (κ3) is 7.01. The van der Waals surface area contributed by atoms with E-state index >= 15 is 0 Å². The lowest BCUT2D eigenvalue weighted by molar-refractivity contribution is 0.237. The first-order valence-electron chi connectivity index (χ1n) is 13.6. The van der Waals surface area contributed by atoms with Crippen LogP contribution in [0.4, 0.5) is 0 Å². The molecule has 2 aromatic rings. The maximum atomic E-state index is 6.51. The minimum atomic E-state index is 0.141. The second-order valence-corrected chi connectivity index (χ2v) is 11.1. The number of hydrogen-bond acceptors (Lipinski definition) is 3. The Morgan fingerprint density at radius 2 is 1.74 bits per heavy atom. The molecule has 2 atom stereocenters. The van der Waals surface area contributed by atoms with Crippen LogP contribution in [0.2, 0.25) is 0 Å². The lowest BCUT2D eigenvalue weighted by Crippen LogP contribution is -2.25. The van der Waals surface area contributed by atoms with Crippen LogP contribution in [0.15, 0.2) is 72.5 Å². The first kappa shape index (κ1) is 25.6. The molecule has 0 spiro atoms. The van der Waals surface area contributed by atoms with E-state index in [1.54, 1.807) is 0 Å². The fourth-order valence-corrected chi connectivity index (χ4v) is 5.17. The van der Waals surface area contributed by atoms with Crippen molar-refractivity contribution in [3.63, 3.8) is 0 Å². The fourth-order valence-electron chi connectivity index (χ4n) is 5.17. The molecule has 1 aliphatic carbocycles. The molecule has 0 aromatic heterocycles. The summed E-state index contributed by atoms with van der Waals surface area (Å²) in [5.41, 5.74) is 2.77. The van der Waals surface area contributed by atoms with Crippen molar-refractivity contribution in [1.82, 2.24) is 4.90 Å². The highest BCUT2D eigenvalue weighted by molar-refractivity contribution is 5.39. The average molecular weight is 474 g/mol. The second-order valence-electron chi connectivity index (χ2n) is 11.1. The standard InChI is InChI=1S/C32H43NO2/c1-5-6-13-30-29(25-11-9-12-28(24-25)34-23-22-33-20-7-8-21-33)14-10-15-31(30)35-27-18-16-26(17-19-27)32(2,3)4/h9-12,14-19,24,29-30H,5-8,13,20-23H2,1-4H3. The summed E-state index contributed by atoms with van der Waals surface area (Å²) >= 11 is 0. The maximum absolute atomic E-state index is 6.51. The Kier molecular flexibility index (Phi) is 8.73. The van der Waals surface area contributed by atoms with Gasteiger partial charge in [-0.15, -0.1) is 0 Å². The van der Waals surface area contributed by atoms with Crippen molar-refractivity contribution < 1.29 is 9.47 Å². The number of rotatable bonds is 10. The molecule has 3 heteroatoms. The Morgan fingerprint density at radius 1 is 0.971 bits per heavy atom. The van der Waals surface area contributed by atoms with Crippen LogP contribution < -0.4 is 9.47 Å². The van der Waals surface area contributed by atoms with Gasteiger partial charge in [0.05, 0.1) is 0 Å². The largest absolute Gasteiger partial charge is 0.492 e. The van der Waals surface area contributed by atoms with E-state index in [4.69, 9.17) is 9.47 Å². The Morgan fingerprint density at radius 3 is 2.46 bits per heavy atom. The van der Waals surface area contributed by atoms with Crippen LogP contribution in [0.25, 0.3) is 0 Å². The van der Waals surface area contributed by atoms with Crippen LogP contribution >= 0.6 is 0 Å². The molecule has 0 bridgehead atoms. The van der Waals surface area contributed by atoms with Gasteiger partial charge in [-0.25, -0.2) is 0 Å². The van der Waals surface area contributed by atoms with Crippen molar-refractivity contribution in [2.24, 2.45) is 5.92 Å². The molecular formula is C32H43NO2. The summed E-state index contributed by atoms with van der Waals surface area (Å²) < 4.78 is 12.7. The van der Waals surface area contributed by atoms with Gasteiger partial charge in [0.25, 0.3) is 0 Å². The van der Waals surface area contributed by atoms with Gasteiger partial charge < -0.3 is 9.47 Å². The quantitative estimate of drug-likeness (QED) is 0.350. The lowest BCUT2D eigenvalue weighted by Gasteiger charge is -2.30. The lowest BCUT2D eigenvalue weighted by atomic mass is 9.79. The molecule has 2 aliphatic rings. The Balaban J connectivity index is 1.46. The van der Waals surface area contributed by atoms with E-state index in [0.717, 1.165) is 36.8 Å². The van der Waals surface area contributed by atoms with Gasteiger partial charge in [-0.3, -0.25) is 4.90 Å². The van der Waals surface area contributed by atoms with Gasteiger partial charge in [-0.1, -0.05) is 77.0 Å². The van der Waals surface area contributed by atoms with E-state index in [-0.39, 0.29) is 11.3 Å². The van der Waals surface area contributed by atoms with Gasteiger partial charge in [0.15, 0.2) is 0 Å². The molecule has 2 unspecified atom stereocenters. The number of ether oxygens (including phenoxy) is 2. The monoisotopic (exact) mass is 473 g/mol. The van der Waals surface area contributed by atoms with Crippen LogP contribution in [0.3, 0.4) is 0 Å². The summed E-state index contributed by atoms with van der Waals surface area (Å²) in [6.45, 7) is 13.2. The Bertz CT molecular complexity index is 993. The molecule has 1 fully saturated rings. The van der Waals surface area contributed by atoms with E-state index < -0.39 is 0 Å². The molecule has 35 heavy (non-hydrogen) atoms. The number of likely N-dealkylation sites (tertiary alicyclic amines) is 1. The number of allylic oxidation sites excluding steroid dienone is 4. The van der Waals surface area contributed by atoms with Crippen LogP contribution in [0, 0.1) is 5.92 Å². The summed E-state index contributed by atoms with van der Waals surface area (Å²) in [7, 11) is 0. The minimum Gasteiger partial charge on any atom is -0.492 e. The van der Waals surface area contributed by atoms with Gasteiger partial charge in [0, 0.05) is 18.4 Å². The average Bonchev–Trinajstić information content (AvgIpc) is 3.37. The SMILES string of the molecule is CCCCC1C(Oc2ccc(C(C)(C)C)cc2)=CC=CC1c1cccc(OCCN2CCCC2)c1. The molecule has 0 N–H and O–H groups in total. The molecule has 3 nitrogen and oxygen atoms in total. The fraction of sp³-hybridized carbons (Fsp3) is 0.500. The first-order chi connectivity index (χ1) is 16.9. The summed E-state index contributed by atoms with van der Waals surface area (Å²) in [5, 5.41) is 0. The predicted molar refractivity (Wildman–Crippen MR) is 146 cm³/mol. The molecule has 4 rings (SSSR count). The summed E-state index contributed by atoms with van der Waals surface area (Å²) in [5.74, 6) is 3.56.